The topological polar surface area (TPSA) is 116 Å². The van der Waals surface area contributed by atoms with E-state index in [0.717, 1.165) is 5.82 Å². The van der Waals surface area contributed by atoms with Gasteiger partial charge in [0.25, 0.3) is 0 Å². The van der Waals surface area contributed by atoms with Gasteiger partial charge in [-0.1, -0.05) is 0 Å². The summed E-state index contributed by atoms with van der Waals surface area (Å²) in [6.45, 7) is 3.21. The maximum Gasteiger partial charge on any atom is 0.243 e. The Morgan fingerprint density at radius 2 is 1.78 bits per heavy atom. The number of amides is 1. The van der Waals surface area contributed by atoms with Gasteiger partial charge in [-0.3, -0.25) is 4.79 Å². The molecule has 1 aromatic heterocycles. The number of carbonyl (C=O) groups is 1. The molecule has 1 N–H and O–H groups in total. The number of carbonyl (C=O) groups excluding carboxylic acids is 1. The largest absolute Gasteiger partial charge is 0.378 e. The first-order valence-electron chi connectivity index (χ1n) is 10.6. The van der Waals surface area contributed by atoms with Crippen LogP contribution >= 0.6 is 0 Å². The molecule has 32 heavy (non-hydrogen) atoms. The minimum atomic E-state index is -3.65. The van der Waals surface area contributed by atoms with Crippen LogP contribution < -0.4 is 10.2 Å². The van der Waals surface area contributed by atoms with Gasteiger partial charge in [-0.25, -0.2) is 13.4 Å². The van der Waals surface area contributed by atoms with Gasteiger partial charge in [0, 0.05) is 38.3 Å². The van der Waals surface area contributed by atoms with E-state index in [1.54, 1.807) is 12.3 Å². The van der Waals surface area contributed by atoms with Crippen molar-refractivity contribution < 1.29 is 17.9 Å². The number of ether oxygens (including phenoxy) is 1. The Balaban J connectivity index is 1.38. The Bertz CT molecular complexity index is 1100. The van der Waals surface area contributed by atoms with E-state index in [-0.39, 0.29) is 29.8 Å². The third kappa shape index (κ3) is 4.75. The molecule has 2 aromatic rings. The number of piperidine rings is 1. The van der Waals surface area contributed by atoms with Crippen molar-refractivity contribution in [2.75, 3.05) is 49.6 Å². The first-order valence-corrected chi connectivity index (χ1v) is 12.0. The van der Waals surface area contributed by atoms with Gasteiger partial charge in [0.05, 0.1) is 35.4 Å². The van der Waals surface area contributed by atoms with Crippen LogP contribution in [-0.2, 0) is 19.6 Å². The summed E-state index contributed by atoms with van der Waals surface area (Å²) >= 11 is 0. The Morgan fingerprint density at radius 3 is 2.44 bits per heavy atom. The SMILES string of the molecule is N#Cc1ccc(S(=O)(=O)N2CCC(C(=O)Nc3cccnc3N3CCOCC3)CC2)cc1. The fourth-order valence-corrected chi connectivity index (χ4v) is 5.44. The second-order valence-corrected chi connectivity index (χ2v) is 9.72. The number of anilines is 2. The van der Waals surface area contributed by atoms with Crippen LogP contribution in [0.5, 0.6) is 0 Å². The second-order valence-electron chi connectivity index (χ2n) is 7.78. The van der Waals surface area contributed by atoms with E-state index in [2.05, 4.69) is 15.2 Å². The monoisotopic (exact) mass is 455 g/mol. The number of morpholine rings is 1. The first-order chi connectivity index (χ1) is 15.5. The van der Waals surface area contributed by atoms with Crippen LogP contribution in [0.4, 0.5) is 11.5 Å². The highest BCUT2D eigenvalue weighted by Gasteiger charge is 2.32. The van der Waals surface area contributed by atoms with Crippen LogP contribution in [0, 0.1) is 17.2 Å². The molecule has 0 saturated carbocycles. The van der Waals surface area contributed by atoms with Crippen LogP contribution in [0.3, 0.4) is 0 Å². The minimum Gasteiger partial charge on any atom is -0.378 e. The zero-order chi connectivity index (χ0) is 22.6. The summed E-state index contributed by atoms with van der Waals surface area (Å²) < 4.78 is 32.6. The molecule has 2 aliphatic heterocycles. The summed E-state index contributed by atoms with van der Waals surface area (Å²) in [7, 11) is -3.65. The molecule has 0 aliphatic carbocycles. The molecule has 2 aliphatic rings. The predicted octanol–water partition coefficient (Wildman–Crippen LogP) is 1.83. The molecule has 2 fully saturated rings. The van der Waals surface area contributed by atoms with Gasteiger partial charge in [-0.2, -0.15) is 9.57 Å². The van der Waals surface area contributed by atoms with Crippen LogP contribution in [0.2, 0.25) is 0 Å². The van der Waals surface area contributed by atoms with E-state index in [4.69, 9.17) is 10.00 Å². The van der Waals surface area contributed by atoms with Crippen LogP contribution in [-0.4, -0.2) is 63.0 Å². The van der Waals surface area contributed by atoms with Crippen LogP contribution in [0.15, 0.2) is 47.5 Å². The van der Waals surface area contributed by atoms with Gasteiger partial charge in [-0.15, -0.1) is 0 Å². The predicted molar refractivity (Wildman–Crippen MR) is 119 cm³/mol. The average Bonchev–Trinajstić information content (AvgIpc) is 2.85. The van der Waals surface area contributed by atoms with Gasteiger partial charge < -0.3 is 15.0 Å². The number of nitrogens with one attached hydrogen (secondary N) is 1. The number of rotatable bonds is 5. The number of pyridine rings is 1. The van der Waals surface area contributed by atoms with Gasteiger partial charge in [0.1, 0.15) is 0 Å². The maximum atomic E-state index is 12.9. The zero-order valence-electron chi connectivity index (χ0n) is 17.6. The van der Waals surface area contributed by atoms with Crippen LogP contribution in [0.25, 0.3) is 0 Å². The zero-order valence-corrected chi connectivity index (χ0v) is 18.4. The number of nitriles is 1. The molecule has 0 spiro atoms. The van der Waals surface area contributed by atoms with E-state index >= 15 is 0 Å². The number of sulfonamides is 1. The standard InChI is InChI=1S/C22H25N5O4S/c23-16-17-3-5-19(6-4-17)32(29,30)27-10-7-18(8-11-27)22(28)25-20-2-1-9-24-21(20)26-12-14-31-15-13-26/h1-6,9,18H,7-8,10-15H2,(H,25,28). The highest BCUT2D eigenvalue weighted by molar-refractivity contribution is 7.89. The van der Waals surface area contributed by atoms with Crippen molar-refractivity contribution in [3.63, 3.8) is 0 Å². The van der Waals surface area contributed by atoms with Crippen molar-refractivity contribution in [2.24, 2.45) is 5.92 Å². The quantitative estimate of drug-likeness (QED) is 0.731. The van der Waals surface area contributed by atoms with E-state index in [1.807, 2.05) is 12.1 Å². The highest BCUT2D eigenvalue weighted by Crippen LogP contribution is 2.28. The Labute approximate surface area is 187 Å². The summed E-state index contributed by atoms with van der Waals surface area (Å²) in [6, 6.07) is 11.5. The molecule has 0 unspecified atom stereocenters. The van der Waals surface area contributed by atoms with Crippen molar-refractivity contribution in [3.05, 3.63) is 48.2 Å². The first kappa shape index (κ1) is 22.2. The van der Waals surface area contributed by atoms with E-state index in [0.29, 0.717) is 50.4 Å². The number of hydrogen-bond donors (Lipinski definition) is 1. The molecule has 0 atom stereocenters. The smallest absolute Gasteiger partial charge is 0.243 e. The third-order valence-corrected chi connectivity index (χ3v) is 7.71. The molecule has 0 radical (unpaired) electrons. The van der Waals surface area contributed by atoms with Gasteiger partial charge in [-0.05, 0) is 49.2 Å². The van der Waals surface area contributed by atoms with Crippen molar-refractivity contribution >= 4 is 27.4 Å². The van der Waals surface area contributed by atoms with Crippen LogP contribution in [0.1, 0.15) is 18.4 Å². The van der Waals surface area contributed by atoms with Crippen molar-refractivity contribution in [1.29, 1.82) is 5.26 Å². The van der Waals surface area contributed by atoms with Gasteiger partial charge >= 0.3 is 0 Å². The molecule has 2 saturated heterocycles. The molecule has 1 aromatic carbocycles. The summed E-state index contributed by atoms with van der Waals surface area (Å²) in [5.74, 6) is 0.327. The molecule has 10 heteroatoms. The normalized spacial score (nSPS) is 18.2. The lowest BCUT2D eigenvalue weighted by Gasteiger charge is -2.31. The molecular weight excluding hydrogens is 430 g/mol. The van der Waals surface area contributed by atoms with E-state index in [1.165, 1.54) is 28.6 Å². The molecule has 168 valence electrons. The number of nitrogens with zero attached hydrogens (tertiary/aromatic N) is 4. The third-order valence-electron chi connectivity index (χ3n) is 5.80. The average molecular weight is 456 g/mol. The van der Waals surface area contributed by atoms with Crippen molar-refractivity contribution in [2.45, 2.75) is 17.7 Å². The molecule has 3 heterocycles. The molecule has 4 rings (SSSR count). The number of aromatic nitrogens is 1. The van der Waals surface area contributed by atoms with Crippen molar-refractivity contribution in [3.8, 4) is 6.07 Å². The summed E-state index contributed by atoms with van der Waals surface area (Å²) in [6.07, 6.45) is 2.58. The lowest BCUT2D eigenvalue weighted by molar-refractivity contribution is -0.120. The summed E-state index contributed by atoms with van der Waals surface area (Å²) in [4.78, 5) is 19.6. The Morgan fingerprint density at radius 1 is 1.09 bits per heavy atom. The second kappa shape index (κ2) is 9.65. The fourth-order valence-electron chi connectivity index (χ4n) is 3.97. The molecule has 9 nitrogen and oxygen atoms in total. The fraction of sp³-hybridized carbons (Fsp3) is 0.409. The van der Waals surface area contributed by atoms with E-state index in [9.17, 15) is 13.2 Å². The van der Waals surface area contributed by atoms with E-state index < -0.39 is 10.0 Å². The Kier molecular flexibility index (Phi) is 6.69. The highest BCUT2D eigenvalue weighted by atomic mass is 32.2. The lowest BCUT2D eigenvalue weighted by atomic mass is 9.97. The Hall–Kier alpha value is -3.00. The minimum absolute atomic E-state index is 0.122. The van der Waals surface area contributed by atoms with Gasteiger partial charge in [0.2, 0.25) is 15.9 Å². The summed E-state index contributed by atoms with van der Waals surface area (Å²) in [5, 5.41) is 11.9. The molecular formula is C22H25N5O4S. The van der Waals surface area contributed by atoms with Gasteiger partial charge in [0.15, 0.2) is 5.82 Å². The lowest BCUT2D eigenvalue weighted by Crippen LogP contribution is -2.41. The number of hydrogen-bond acceptors (Lipinski definition) is 7. The molecule has 1 amide bonds. The molecule has 0 bridgehead atoms. The number of benzene rings is 1. The van der Waals surface area contributed by atoms with Crippen molar-refractivity contribution in [1.82, 2.24) is 9.29 Å². The summed E-state index contributed by atoms with van der Waals surface area (Å²) in [5.41, 5.74) is 1.07. The maximum absolute atomic E-state index is 12.9.